The highest BCUT2D eigenvalue weighted by molar-refractivity contribution is 7.99. The molecule has 2 aromatic carbocycles. The maximum absolute atomic E-state index is 13.0. The van der Waals surface area contributed by atoms with Crippen LogP contribution in [0, 0.1) is 0 Å². The van der Waals surface area contributed by atoms with Crippen molar-refractivity contribution in [3.05, 3.63) is 72.3 Å². The van der Waals surface area contributed by atoms with E-state index < -0.39 is 17.6 Å². The number of hydrogen-bond donors (Lipinski definition) is 1. The molecule has 23 heavy (non-hydrogen) atoms. The fraction of sp³-hybridized carbons (Fsp3) is 0.118. The Kier molecular flexibility index (Phi) is 5.50. The fourth-order valence-electron chi connectivity index (χ4n) is 1.96. The third-order valence-corrected chi connectivity index (χ3v) is 4.04. The zero-order valence-corrected chi connectivity index (χ0v) is 12.9. The van der Waals surface area contributed by atoms with Crippen LogP contribution in [-0.4, -0.2) is 11.7 Å². The Bertz CT molecular complexity index is 713. The molecule has 2 nitrogen and oxygen atoms in total. The molecular formula is C17H14F3NOS. The molecule has 0 aliphatic rings. The lowest BCUT2D eigenvalue weighted by Crippen LogP contribution is -2.17. The van der Waals surface area contributed by atoms with Crippen molar-refractivity contribution in [1.29, 1.82) is 0 Å². The molecule has 0 spiro atoms. The molecule has 0 radical (unpaired) electrons. The Labute approximate surface area is 136 Å². The van der Waals surface area contributed by atoms with E-state index in [-0.39, 0.29) is 5.69 Å². The molecule has 1 amide bonds. The van der Waals surface area contributed by atoms with E-state index in [1.54, 1.807) is 30.3 Å². The Hall–Kier alpha value is -2.21. The molecule has 0 aliphatic carbocycles. The summed E-state index contributed by atoms with van der Waals surface area (Å²) in [5, 5.41) is 2.35. The van der Waals surface area contributed by atoms with Gasteiger partial charge in [0.1, 0.15) is 0 Å². The second kappa shape index (κ2) is 7.37. The van der Waals surface area contributed by atoms with Crippen LogP contribution in [0.2, 0.25) is 0 Å². The minimum absolute atomic E-state index is 0.256. The summed E-state index contributed by atoms with van der Waals surface area (Å²) in [7, 11) is 0. The molecule has 1 N–H and O–H groups in total. The zero-order chi connectivity index (χ0) is 16.9. The summed E-state index contributed by atoms with van der Waals surface area (Å²) in [4.78, 5) is 13.0. The number of rotatable bonds is 5. The molecule has 2 aromatic rings. The number of amides is 1. The SMILES string of the molecule is C=CCSc1ccccc1C(=O)Nc1ccccc1C(F)(F)F. The molecule has 0 atom stereocenters. The lowest BCUT2D eigenvalue weighted by atomic mass is 10.1. The lowest BCUT2D eigenvalue weighted by Gasteiger charge is -2.14. The second-order valence-corrected chi connectivity index (χ2v) is 5.66. The number of nitrogens with one attached hydrogen (secondary N) is 1. The van der Waals surface area contributed by atoms with Gasteiger partial charge in [-0.3, -0.25) is 4.79 Å². The van der Waals surface area contributed by atoms with Gasteiger partial charge in [-0.2, -0.15) is 13.2 Å². The molecule has 0 saturated carbocycles. The van der Waals surface area contributed by atoms with Gasteiger partial charge in [-0.15, -0.1) is 18.3 Å². The molecule has 0 heterocycles. The maximum Gasteiger partial charge on any atom is 0.418 e. The van der Waals surface area contributed by atoms with Gasteiger partial charge in [-0.05, 0) is 24.3 Å². The highest BCUT2D eigenvalue weighted by Crippen LogP contribution is 2.35. The number of carbonyl (C=O) groups excluding carboxylic acids is 1. The van der Waals surface area contributed by atoms with Gasteiger partial charge in [0.25, 0.3) is 5.91 Å². The number of anilines is 1. The third kappa shape index (κ3) is 4.39. The quantitative estimate of drug-likeness (QED) is 0.597. The first-order chi connectivity index (χ1) is 10.9. The molecule has 0 aromatic heterocycles. The Morgan fingerprint density at radius 2 is 1.78 bits per heavy atom. The summed E-state index contributed by atoms with van der Waals surface area (Å²) >= 11 is 1.39. The average Bonchev–Trinajstić information content (AvgIpc) is 2.52. The van der Waals surface area contributed by atoms with Crippen LogP contribution < -0.4 is 5.32 Å². The molecule has 0 aliphatic heterocycles. The number of thioether (sulfide) groups is 1. The summed E-state index contributed by atoms with van der Waals surface area (Å²) in [5.74, 6) is 0.0255. The van der Waals surface area contributed by atoms with E-state index in [4.69, 9.17) is 0 Å². The van der Waals surface area contributed by atoms with E-state index in [1.165, 1.54) is 30.0 Å². The van der Waals surface area contributed by atoms with E-state index in [9.17, 15) is 18.0 Å². The highest BCUT2D eigenvalue weighted by atomic mass is 32.2. The average molecular weight is 337 g/mol. The van der Waals surface area contributed by atoms with Gasteiger partial charge >= 0.3 is 6.18 Å². The van der Waals surface area contributed by atoms with Crippen LogP contribution in [0.3, 0.4) is 0 Å². The largest absolute Gasteiger partial charge is 0.418 e. The normalized spacial score (nSPS) is 11.1. The maximum atomic E-state index is 13.0. The van der Waals surface area contributed by atoms with Crippen LogP contribution in [0.5, 0.6) is 0 Å². The number of carbonyl (C=O) groups is 1. The first-order valence-electron chi connectivity index (χ1n) is 6.74. The van der Waals surface area contributed by atoms with Crippen LogP contribution >= 0.6 is 11.8 Å². The Morgan fingerprint density at radius 3 is 2.48 bits per heavy atom. The lowest BCUT2D eigenvalue weighted by molar-refractivity contribution is -0.136. The number of benzene rings is 2. The second-order valence-electron chi connectivity index (χ2n) is 4.59. The molecule has 2 rings (SSSR count). The van der Waals surface area contributed by atoms with Crippen molar-refractivity contribution in [2.45, 2.75) is 11.1 Å². The fourth-order valence-corrected chi connectivity index (χ4v) is 2.75. The Balaban J connectivity index is 2.29. The first-order valence-corrected chi connectivity index (χ1v) is 7.72. The molecular weight excluding hydrogens is 323 g/mol. The minimum Gasteiger partial charge on any atom is -0.321 e. The topological polar surface area (TPSA) is 29.1 Å². The predicted octanol–water partition coefficient (Wildman–Crippen LogP) is 5.24. The molecule has 0 unspecified atom stereocenters. The summed E-state index contributed by atoms with van der Waals surface area (Å²) in [6.07, 6.45) is -2.83. The first kappa shape index (κ1) is 17.1. The summed E-state index contributed by atoms with van der Waals surface area (Å²) < 4.78 is 38.9. The monoisotopic (exact) mass is 337 g/mol. The van der Waals surface area contributed by atoms with Crippen molar-refractivity contribution in [1.82, 2.24) is 0 Å². The summed E-state index contributed by atoms with van der Waals surface area (Å²) in [6.45, 7) is 3.61. The van der Waals surface area contributed by atoms with Crippen molar-refractivity contribution in [2.75, 3.05) is 11.1 Å². The Morgan fingerprint density at radius 1 is 1.13 bits per heavy atom. The van der Waals surface area contributed by atoms with E-state index in [1.807, 2.05) is 0 Å². The van der Waals surface area contributed by atoms with Crippen molar-refractivity contribution in [3.8, 4) is 0 Å². The van der Waals surface area contributed by atoms with Crippen molar-refractivity contribution >= 4 is 23.4 Å². The van der Waals surface area contributed by atoms with E-state index in [0.717, 1.165) is 6.07 Å². The van der Waals surface area contributed by atoms with Crippen molar-refractivity contribution in [2.24, 2.45) is 0 Å². The van der Waals surface area contributed by atoms with Gasteiger partial charge in [-0.1, -0.05) is 30.3 Å². The molecule has 0 saturated heterocycles. The van der Waals surface area contributed by atoms with Gasteiger partial charge in [0.15, 0.2) is 0 Å². The van der Waals surface area contributed by atoms with Crippen LogP contribution in [0.4, 0.5) is 18.9 Å². The molecule has 0 fully saturated rings. The van der Waals surface area contributed by atoms with Crippen LogP contribution in [-0.2, 0) is 6.18 Å². The highest BCUT2D eigenvalue weighted by Gasteiger charge is 2.33. The van der Waals surface area contributed by atoms with Crippen LogP contribution in [0.1, 0.15) is 15.9 Å². The van der Waals surface area contributed by atoms with Gasteiger partial charge in [-0.25, -0.2) is 0 Å². The van der Waals surface area contributed by atoms with Crippen molar-refractivity contribution < 1.29 is 18.0 Å². The summed E-state index contributed by atoms with van der Waals surface area (Å²) in [6, 6.07) is 11.7. The number of halogens is 3. The standard InChI is InChI=1S/C17H14F3NOS/c1-2-11-23-15-10-6-3-7-12(15)16(22)21-14-9-5-4-8-13(14)17(18,19)20/h2-10H,1,11H2,(H,21,22). The van der Waals surface area contributed by atoms with Crippen LogP contribution in [0.15, 0.2) is 66.1 Å². The molecule has 6 heteroatoms. The zero-order valence-electron chi connectivity index (χ0n) is 12.1. The number of hydrogen-bond acceptors (Lipinski definition) is 2. The van der Waals surface area contributed by atoms with Gasteiger partial charge in [0, 0.05) is 10.6 Å². The molecule has 120 valence electrons. The van der Waals surface area contributed by atoms with E-state index in [0.29, 0.717) is 16.2 Å². The number of para-hydroxylation sites is 1. The minimum atomic E-state index is -4.53. The van der Waals surface area contributed by atoms with E-state index in [2.05, 4.69) is 11.9 Å². The van der Waals surface area contributed by atoms with Crippen molar-refractivity contribution in [3.63, 3.8) is 0 Å². The predicted molar refractivity (Wildman–Crippen MR) is 86.8 cm³/mol. The number of alkyl halides is 3. The van der Waals surface area contributed by atoms with Gasteiger partial charge in [0.05, 0.1) is 16.8 Å². The summed E-state index contributed by atoms with van der Waals surface area (Å²) in [5.41, 5.74) is -0.797. The van der Waals surface area contributed by atoms with Gasteiger partial charge in [0.2, 0.25) is 0 Å². The smallest absolute Gasteiger partial charge is 0.321 e. The van der Waals surface area contributed by atoms with Gasteiger partial charge < -0.3 is 5.32 Å². The van der Waals surface area contributed by atoms with Crippen LogP contribution in [0.25, 0.3) is 0 Å². The third-order valence-electron chi connectivity index (χ3n) is 2.97. The molecule has 0 bridgehead atoms. The van der Waals surface area contributed by atoms with E-state index >= 15 is 0 Å².